The number of rotatable bonds is 4. The van der Waals surface area contributed by atoms with Crippen molar-refractivity contribution in [3.63, 3.8) is 0 Å². The van der Waals surface area contributed by atoms with Gasteiger partial charge in [0.25, 0.3) is 0 Å². The van der Waals surface area contributed by atoms with Gasteiger partial charge < -0.3 is 14.8 Å². The Morgan fingerprint density at radius 3 is 2.48 bits per heavy atom. The highest BCUT2D eigenvalue weighted by Gasteiger charge is 2.33. The molecular formula is C21H18N4O2. The Morgan fingerprint density at radius 2 is 1.78 bits per heavy atom. The van der Waals surface area contributed by atoms with Crippen LogP contribution >= 0.6 is 0 Å². The molecule has 0 saturated carbocycles. The standard InChI is InChI=1S/C21H18N4O2/c1-26-14-9-7-13(8-10-14)20-16(11-22)19(17-12-23-25-21(17)24-20)15-5-3-4-6-18(15)27-2/h3-10,12,19H,1-2H3,(H2,23,24,25). The number of aromatic amines is 1. The fourth-order valence-corrected chi connectivity index (χ4v) is 3.44. The molecule has 6 heteroatoms. The maximum atomic E-state index is 10.0. The van der Waals surface area contributed by atoms with Crippen LogP contribution in [0.25, 0.3) is 5.70 Å². The highest BCUT2D eigenvalue weighted by Crippen LogP contribution is 2.45. The van der Waals surface area contributed by atoms with Crippen molar-refractivity contribution in [2.45, 2.75) is 5.92 Å². The molecule has 1 aromatic heterocycles. The Morgan fingerprint density at radius 1 is 1.00 bits per heavy atom. The molecule has 6 nitrogen and oxygen atoms in total. The number of anilines is 1. The molecule has 3 aromatic rings. The highest BCUT2D eigenvalue weighted by atomic mass is 16.5. The van der Waals surface area contributed by atoms with Crippen molar-refractivity contribution in [3.8, 4) is 17.6 Å². The molecule has 134 valence electrons. The van der Waals surface area contributed by atoms with E-state index in [0.29, 0.717) is 11.4 Å². The van der Waals surface area contributed by atoms with Gasteiger partial charge in [-0.05, 0) is 35.9 Å². The molecule has 1 unspecified atom stereocenters. The van der Waals surface area contributed by atoms with E-state index in [-0.39, 0.29) is 5.92 Å². The lowest BCUT2D eigenvalue weighted by atomic mass is 9.81. The molecule has 4 rings (SSSR count). The zero-order chi connectivity index (χ0) is 18.8. The van der Waals surface area contributed by atoms with Crippen LogP contribution in [-0.2, 0) is 0 Å². The molecule has 0 amide bonds. The molecular weight excluding hydrogens is 340 g/mol. The van der Waals surface area contributed by atoms with E-state index in [9.17, 15) is 5.26 Å². The Kier molecular flexibility index (Phi) is 4.27. The van der Waals surface area contributed by atoms with Crippen LogP contribution in [0.2, 0.25) is 0 Å². The zero-order valence-corrected chi connectivity index (χ0v) is 15.0. The number of nitrogens with one attached hydrogen (secondary N) is 2. The summed E-state index contributed by atoms with van der Waals surface area (Å²) >= 11 is 0. The van der Waals surface area contributed by atoms with Crippen LogP contribution in [0.5, 0.6) is 11.5 Å². The number of methoxy groups -OCH3 is 2. The van der Waals surface area contributed by atoms with Gasteiger partial charge in [0, 0.05) is 17.3 Å². The van der Waals surface area contributed by atoms with Crippen molar-refractivity contribution in [1.29, 1.82) is 5.26 Å². The van der Waals surface area contributed by atoms with Crippen LogP contribution in [0.15, 0.2) is 60.3 Å². The molecule has 1 aliphatic rings. The number of ether oxygens (including phenoxy) is 2. The lowest BCUT2D eigenvalue weighted by molar-refractivity contribution is 0.409. The SMILES string of the molecule is COc1ccc(C2=C(C#N)C(c3ccccc3OC)c3c[nH]nc3N2)cc1. The minimum atomic E-state index is -0.279. The molecule has 0 bridgehead atoms. The second-order valence-corrected chi connectivity index (χ2v) is 6.12. The van der Waals surface area contributed by atoms with Gasteiger partial charge in [-0.2, -0.15) is 10.4 Å². The van der Waals surface area contributed by atoms with Gasteiger partial charge in [0.1, 0.15) is 11.5 Å². The molecule has 2 aromatic carbocycles. The minimum Gasteiger partial charge on any atom is -0.497 e. The largest absolute Gasteiger partial charge is 0.497 e. The quantitative estimate of drug-likeness (QED) is 0.739. The van der Waals surface area contributed by atoms with Crippen molar-refractivity contribution in [1.82, 2.24) is 10.2 Å². The normalized spacial score (nSPS) is 15.5. The summed E-state index contributed by atoms with van der Waals surface area (Å²) in [4.78, 5) is 0. The average Bonchev–Trinajstić information content (AvgIpc) is 3.20. The maximum Gasteiger partial charge on any atom is 0.156 e. The molecule has 0 radical (unpaired) electrons. The number of hydrogen-bond acceptors (Lipinski definition) is 5. The lowest BCUT2D eigenvalue weighted by Gasteiger charge is -2.27. The molecule has 1 aliphatic heterocycles. The average molecular weight is 358 g/mol. The predicted molar refractivity (Wildman–Crippen MR) is 103 cm³/mol. The number of hydrogen-bond donors (Lipinski definition) is 2. The van der Waals surface area contributed by atoms with Gasteiger partial charge in [-0.1, -0.05) is 18.2 Å². The van der Waals surface area contributed by atoms with Crippen LogP contribution in [0.4, 0.5) is 5.82 Å². The van der Waals surface area contributed by atoms with Gasteiger partial charge in [0.15, 0.2) is 5.82 Å². The maximum absolute atomic E-state index is 10.0. The molecule has 0 spiro atoms. The van der Waals surface area contributed by atoms with Crippen LogP contribution in [0.3, 0.4) is 0 Å². The first-order valence-corrected chi connectivity index (χ1v) is 8.49. The topological polar surface area (TPSA) is 83.0 Å². The molecule has 0 saturated heterocycles. The number of para-hydroxylation sites is 1. The number of nitrogens with zero attached hydrogens (tertiary/aromatic N) is 2. The van der Waals surface area contributed by atoms with E-state index in [0.717, 1.165) is 33.9 Å². The van der Waals surface area contributed by atoms with Gasteiger partial charge in [0.2, 0.25) is 0 Å². The minimum absolute atomic E-state index is 0.279. The summed E-state index contributed by atoms with van der Waals surface area (Å²) in [6.45, 7) is 0. The molecule has 0 fully saturated rings. The van der Waals surface area contributed by atoms with E-state index < -0.39 is 0 Å². The summed E-state index contributed by atoms with van der Waals surface area (Å²) in [7, 11) is 3.26. The van der Waals surface area contributed by atoms with E-state index in [1.165, 1.54) is 0 Å². The molecule has 1 atom stereocenters. The summed E-state index contributed by atoms with van der Waals surface area (Å²) in [6.07, 6.45) is 1.82. The lowest BCUT2D eigenvalue weighted by Crippen LogP contribution is -2.17. The number of allylic oxidation sites excluding steroid dienone is 1. The van der Waals surface area contributed by atoms with Crippen LogP contribution in [0, 0.1) is 11.3 Å². The Balaban J connectivity index is 1.92. The molecule has 27 heavy (non-hydrogen) atoms. The first-order chi connectivity index (χ1) is 13.3. The van der Waals surface area contributed by atoms with E-state index in [1.54, 1.807) is 14.2 Å². The summed E-state index contributed by atoms with van der Waals surface area (Å²) in [6, 6.07) is 17.7. The van der Waals surface area contributed by atoms with Crippen LogP contribution < -0.4 is 14.8 Å². The van der Waals surface area contributed by atoms with Crippen molar-refractivity contribution >= 4 is 11.5 Å². The Labute approximate surface area is 157 Å². The van der Waals surface area contributed by atoms with Crippen molar-refractivity contribution in [3.05, 3.63) is 77.0 Å². The van der Waals surface area contributed by atoms with Gasteiger partial charge in [-0.15, -0.1) is 0 Å². The fourth-order valence-electron chi connectivity index (χ4n) is 3.44. The highest BCUT2D eigenvalue weighted by molar-refractivity contribution is 5.87. The van der Waals surface area contributed by atoms with Gasteiger partial charge in [-0.3, -0.25) is 5.10 Å². The van der Waals surface area contributed by atoms with E-state index in [4.69, 9.17) is 9.47 Å². The van der Waals surface area contributed by atoms with Crippen molar-refractivity contribution in [2.24, 2.45) is 0 Å². The fraction of sp³-hybridized carbons (Fsp3) is 0.143. The van der Waals surface area contributed by atoms with Gasteiger partial charge >= 0.3 is 0 Å². The summed E-state index contributed by atoms with van der Waals surface area (Å²) in [5.41, 5.74) is 4.06. The van der Waals surface area contributed by atoms with Crippen molar-refractivity contribution < 1.29 is 9.47 Å². The number of benzene rings is 2. The molecule has 2 N–H and O–H groups in total. The second-order valence-electron chi connectivity index (χ2n) is 6.12. The second kappa shape index (κ2) is 6.89. The first-order valence-electron chi connectivity index (χ1n) is 8.49. The number of fused-ring (bicyclic) bond motifs is 1. The third-order valence-corrected chi connectivity index (χ3v) is 4.73. The van der Waals surface area contributed by atoms with E-state index in [2.05, 4.69) is 21.6 Å². The first kappa shape index (κ1) is 16.7. The monoisotopic (exact) mass is 358 g/mol. The Hall–Kier alpha value is -3.72. The molecule has 2 heterocycles. The zero-order valence-electron chi connectivity index (χ0n) is 15.0. The summed E-state index contributed by atoms with van der Waals surface area (Å²) < 4.78 is 10.8. The number of aromatic nitrogens is 2. The number of nitriles is 1. The van der Waals surface area contributed by atoms with Gasteiger partial charge in [0.05, 0.1) is 37.5 Å². The predicted octanol–water partition coefficient (Wildman–Crippen LogP) is 3.92. The van der Waals surface area contributed by atoms with E-state index in [1.807, 2.05) is 54.7 Å². The molecule has 0 aliphatic carbocycles. The van der Waals surface area contributed by atoms with E-state index >= 15 is 0 Å². The third-order valence-electron chi connectivity index (χ3n) is 4.73. The number of H-pyrrole nitrogens is 1. The van der Waals surface area contributed by atoms with Gasteiger partial charge in [-0.25, -0.2) is 0 Å². The van der Waals surface area contributed by atoms with Crippen LogP contribution in [-0.4, -0.2) is 24.4 Å². The Bertz CT molecular complexity index is 1040. The summed E-state index contributed by atoms with van der Waals surface area (Å²) in [5.74, 6) is 1.92. The summed E-state index contributed by atoms with van der Waals surface area (Å²) in [5, 5.41) is 20.6. The van der Waals surface area contributed by atoms with Crippen LogP contribution in [0.1, 0.15) is 22.6 Å². The third kappa shape index (κ3) is 2.79. The van der Waals surface area contributed by atoms with Crippen molar-refractivity contribution in [2.75, 3.05) is 19.5 Å². The smallest absolute Gasteiger partial charge is 0.156 e.